The number of halogens is 1. The molecule has 2 atom stereocenters. The Hall–Kier alpha value is -3.23. The molecular formula is C19H18FN5O3. The van der Waals surface area contributed by atoms with Crippen molar-refractivity contribution in [3.63, 3.8) is 0 Å². The van der Waals surface area contributed by atoms with Crippen molar-refractivity contribution in [1.29, 1.82) is 0 Å². The molecule has 144 valence electrons. The van der Waals surface area contributed by atoms with Crippen molar-refractivity contribution < 1.29 is 18.7 Å². The van der Waals surface area contributed by atoms with Crippen LogP contribution in [0.2, 0.25) is 0 Å². The minimum absolute atomic E-state index is 0.210. The van der Waals surface area contributed by atoms with Gasteiger partial charge < -0.3 is 14.8 Å². The average Bonchev–Trinajstić information content (AvgIpc) is 3.61. The number of aromatic nitrogens is 4. The second-order valence-corrected chi connectivity index (χ2v) is 7.02. The van der Waals surface area contributed by atoms with Crippen molar-refractivity contribution in [2.24, 2.45) is 5.92 Å². The van der Waals surface area contributed by atoms with Gasteiger partial charge in [0.1, 0.15) is 23.3 Å². The van der Waals surface area contributed by atoms with E-state index in [1.807, 2.05) is 0 Å². The molecule has 0 saturated heterocycles. The van der Waals surface area contributed by atoms with Gasteiger partial charge in [0.15, 0.2) is 5.65 Å². The van der Waals surface area contributed by atoms with Gasteiger partial charge in [-0.25, -0.2) is 14.4 Å². The number of anilines is 1. The van der Waals surface area contributed by atoms with Crippen LogP contribution < -0.4 is 14.8 Å². The first-order valence-electron chi connectivity index (χ1n) is 9.14. The Morgan fingerprint density at radius 1 is 1.32 bits per heavy atom. The normalized spacial score (nSPS) is 20.8. The second kappa shape index (κ2) is 6.43. The predicted molar refractivity (Wildman–Crippen MR) is 99.0 cm³/mol. The minimum atomic E-state index is -1.05. The van der Waals surface area contributed by atoms with E-state index in [0.29, 0.717) is 34.4 Å². The number of ether oxygens (including phenoxy) is 2. The Kier molecular flexibility index (Phi) is 3.88. The number of fused-ring (bicyclic) bond motifs is 1. The molecule has 2 fully saturated rings. The fourth-order valence-electron chi connectivity index (χ4n) is 3.09. The van der Waals surface area contributed by atoms with Crippen molar-refractivity contribution in [2.75, 3.05) is 12.4 Å². The molecule has 1 amide bonds. The van der Waals surface area contributed by atoms with Crippen molar-refractivity contribution in [2.45, 2.75) is 31.5 Å². The van der Waals surface area contributed by atoms with Crippen LogP contribution in [0.3, 0.4) is 0 Å². The number of rotatable bonds is 6. The van der Waals surface area contributed by atoms with E-state index in [1.54, 1.807) is 31.5 Å². The van der Waals surface area contributed by atoms with Crippen LogP contribution >= 0.6 is 0 Å². The largest absolute Gasteiger partial charge is 0.489 e. The second-order valence-electron chi connectivity index (χ2n) is 7.02. The van der Waals surface area contributed by atoms with Crippen molar-refractivity contribution in [1.82, 2.24) is 20.2 Å². The summed E-state index contributed by atoms with van der Waals surface area (Å²) < 4.78 is 24.5. The Morgan fingerprint density at radius 2 is 2.14 bits per heavy atom. The number of amides is 1. The molecule has 2 N–H and O–H groups in total. The van der Waals surface area contributed by atoms with Gasteiger partial charge in [-0.15, -0.1) is 0 Å². The maximum absolute atomic E-state index is 13.0. The summed E-state index contributed by atoms with van der Waals surface area (Å²) in [5, 5.41) is 10.6. The average molecular weight is 383 g/mol. The quantitative estimate of drug-likeness (QED) is 0.679. The molecule has 5 rings (SSSR count). The molecule has 0 aliphatic heterocycles. The molecular weight excluding hydrogens is 365 g/mol. The molecule has 8 nitrogen and oxygen atoms in total. The Bertz CT molecular complexity index is 1060. The topological polar surface area (TPSA) is 102 Å². The third-order valence-corrected chi connectivity index (χ3v) is 4.86. The van der Waals surface area contributed by atoms with Gasteiger partial charge in [0, 0.05) is 11.6 Å². The maximum Gasteiger partial charge on any atom is 0.231 e. The number of nitrogens with one attached hydrogen (secondary N) is 2. The van der Waals surface area contributed by atoms with E-state index < -0.39 is 12.1 Å². The Labute approximate surface area is 159 Å². The van der Waals surface area contributed by atoms with E-state index >= 15 is 0 Å². The molecule has 2 aliphatic carbocycles. The molecule has 0 bridgehead atoms. The van der Waals surface area contributed by atoms with Crippen LogP contribution in [0.4, 0.5) is 10.2 Å². The molecule has 28 heavy (non-hydrogen) atoms. The molecule has 2 unspecified atom stereocenters. The number of nitrogens with zero attached hydrogens (tertiary/aromatic N) is 3. The van der Waals surface area contributed by atoms with Crippen LogP contribution in [-0.2, 0) is 4.79 Å². The van der Waals surface area contributed by atoms with Crippen LogP contribution in [0.25, 0.3) is 22.3 Å². The summed E-state index contributed by atoms with van der Waals surface area (Å²) in [5.74, 6) is 0.490. The molecule has 3 aromatic rings. The number of alkyl halides is 1. The lowest BCUT2D eigenvalue weighted by molar-refractivity contribution is -0.117. The third kappa shape index (κ3) is 3.02. The van der Waals surface area contributed by atoms with Crippen LogP contribution in [0.5, 0.6) is 11.6 Å². The number of hydrogen-bond acceptors (Lipinski definition) is 6. The van der Waals surface area contributed by atoms with Gasteiger partial charge >= 0.3 is 0 Å². The fraction of sp³-hybridized carbons (Fsp3) is 0.368. The monoisotopic (exact) mass is 383 g/mol. The van der Waals surface area contributed by atoms with Gasteiger partial charge in [0.05, 0.1) is 24.8 Å². The van der Waals surface area contributed by atoms with E-state index in [1.165, 1.54) is 0 Å². The maximum atomic E-state index is 13.0. The van der Waals surface area contributed by atoms with Gasteiger partial charge in [0.25, 0.3) is 0 Å². The lowest BCUT2D eigenvalue weighted by Crippen LogP contribution is -2.15. The zero-order valence-corrected chi connectivity index (χ0v) is 15.1. The zero-order valence-electron chi connectivity index (χ0n) is 15.1. The number of carbonyl (C=O) groups excluding carboxylic acids is 1. The van der Waals surface area contributed by atoms with E-state index in [4.69, 9.17) is 9.47 Å². The summed E-state index contributed by atoms with van der Waals surface area (Å²) in [5.41, 5.74) is 1.77. The minimum Gasteiger partial charge on any atom is -0.489 e. The summed E-state index contributed by atoms with van der Waals surface area (Å²) in [6.45, 7) is 0. The first kappa shape index (κ1) is 16.9. The lowest BCUT2D eigenvalue weighted by Gasteiger charge is -2.12. The van der Waals surface area contributed by atoms with Gasteiger partial charge in [-0.2, -0.15) is 5.10 Å². The summed E-state index contributed by atoms with van der Waals surface area (Å²) in [7, 11) is 1.55. The third-order valence-electron chi connectivity index (χ3n) is 4.86. The molecule has 9 heteroatoms. The van der Waals surface area contributed by atoms with Gasteiger partial charge in [-0.1, -0.05) is 0 Å². The molecule has 2 saturated carbocycles. The Morgan fingerprint density at radius 3 is 2.86 bits per heavy atom. The lowest BCUT2D eigenvalue weighted by atomic mass is 10.1. The number of carbonyl (C=O) groups is 1. The smallest absolute Gasteiger partial charge is 0.231 e. The standard InChI is InChI=1S/C19H18FN5O3/c1-27-19-15(13(6-7-21-19)28-9-2-3-9)16-10-4-5-14(22-17(10)25-24-16)23-18(26)11-8-12(11)20/h4-7,9,11-12H,2-3,8H2,1H3,(H2,22,23,24,25,26). The van der Waals surface area contributed by atoms with Crippen LogP contribution in [0.1, 0.15) is 19.3 Å². The van der Waals surface area contributed by atoms with Gasteiger partial charge in [0.2, 0.25) is 11.8 Å². The van der Waals surface area contributed by atoms with E-state index in [9.17, 15) is 9.18 Å². The van der Waals surface area contributed by atoms with Crippen LogP contribution in [0.15, 0.2) is 24.4 Å². The fourth-order valence-corrected chi connectivity index (χ4v) is 3.09. The van der Waals surface area contributed by atoms with Gasteiger partial charge in [-0.3, -0.25) is 9.89 Å². The summed E-state index contributed by atoms with van der Waals surface area (Å²) >= 11 is 0. The van der Waals surface area contributed by atoms with Crippen LogP contribution in [-0.4, -0.2) is 45.5 Å². The van der Waals surface area contributed by atoms with Crippen molar-refractivity contribution in [3.05, 3.63) is 24.4 Å². The number of methoxy groups -OCH3 is 1. The van der Waals surface area contributed by atoms with Crippen molar-refractivity contribution in [3.8, 4) is 22.9 Å². The highest BCUT2D eigenvalue weighted by Gasteiger charge is 2.43. The molecule has 3 aromatic heterocycles. The highest BCUT2D eigenvalue weighted by atomic mass is 19.1. The van der Waals surface area contributed by atoms with Crippen molar-refractivity contribution >= 4 is 22.8 Å². The SMILES string of the molecule is COc1nccc(OC2CC2)c1-c1[nH]nc2nc(NC(=O)C3CC3F)ccc12. The number of pyridine rings is 2. The Balaban J connectivity index is 1.51. The predicted octanol–water partition coefficient (Wildman–Crippen LogP) is 2.87. The molecule has 2 aliphatic rings. The highest BCUT2D eigenvalue weighted by Crippen LogP contribution is 2.41. The van der Waals surface area contributed by atoms with Gasteiger partial charge in [-0.05, 0) is 37.5 Å². The zero-order chi connectivity index (χ0) is 19.3. The van der Waals surface area contributed by atoms with E-state index in [0.717, 1.165) is 18.2 Å². The highest BCUT2D eigenvalue weighted by molar-refractivity contribution is 5.97. The first-order chi connectivity index (χ1) is 13.6. The van der Waals surface area contributed by atoms with Crippen LogP contribution in [0, 0.1) is 5.92 Å². The number of H-pyrrole nitrogens is 1. The summed E-state index contributed by atoms with van der Waals surface area (Å²) in [6, 6.07) is 5.26. The van der Waals surface area contributed by atoms with E-state index in [-0.39, 0.29) is 18.4 Å². The van der Waals surface area contributed by atoms with E-state index in [2.05, 4.69) is 25.5 Å². The molecule has 3 heterocycles. The molecule has 0 aromatic carbocycles. The first-order valence-corrected chi connectivity index (χ1v) is 9.14. The summed E-state index contributed by atoms with van der Waals surface area (Å²) in [6.07, 6.45) is 3.12. The molecule has 0 radical (unpaired) electrons. The summed E-state index contributed by atoms with van der Waals surface area (Å²) in [4.78, 5) is 20.6. The molecule has 0 spiro atoms. The number of hydrogen-bond donors (Lipinski definition) is 2. The number of aromatic amines is 1.